The fourth-order valence-electron chi connectivity index (χ4n) is 2.06. The van der Waals surface area contributed by atoms with Gasteiger partial charge in [-0.3, -0.25) is 4.68 Å². The van der Waals surface area contributed by atoms with E-state index in [0.717, 1.165) is 16.7 Å². The summed E-state index contributed by atoms with van der Waals surface area (Å²) in [5.74, 6) is -0.229. The third-order valence-electron chi connectivity index (χ3n) is 3.04. The van der Waals surface area contributed by atoms with E-state index >= 15 is 0 Å². The van der Waals surface area contributed by atoms with Crippen LogP contribution in [-0.2, 0) is 6.54 Å². The number of benzene rings is 2. The van der Waals surface area contributed by atoms with E-state index in [0.29, 0.717) is 11.6 Å². The van der Waals surface area contributed by atoms with Gasteiger partial charge in [0.05, 0.1) is 12.7 Å². The first-order chi connectivity index (χ1) is 9.70. The third kappa shape index (κ3) is 2.89. The Kier molecular flexibility index (Phi) is 3.52. The van der Waals surface area contributed by atoms with Crippen LogP contribution in [-0.4, -0.2) is 9.78 Å². The van der Waals surface area contributed by atoms with Crippen LogP contribution in [0.25, 0.3) is 11.1 Å². The second kappa shape index (κ2) is 5.47. The van der Waals surface area contributed by atoms with E-state index in [1.165, 1.54) is 12.1 Å². The summed E-state index contributed by atoms with van der Waals surface area (Å²) in [6, 6.07) is 14.1. The molecule has 0 radical (unpaired) electrons. The third-order valence-corrected chi connectivity index (χ3v) is 3.30. The maximum atomic E-state index is 13.1. The summed E-state index contributed by atoms with van der Waals surface area (Å²) < 4.78 is 14.9. The highest BCUT2D eigenvalue weighted by molar-refractivity contribution is 6.30. The molecule has 2 aromatic carbocycles. The van der Waals surface area contributed by atoms with Crippen LogP contribution in [0.3, 0.4) is 0 Å². The van der Waals surface area contributed by atoms with Gasteiger partial charge in [-0.05, 0) is 35.4 Å². The number of halogens is 2. The lowest BCUT2D eigenvalue weighted by Crippen LogP contribution is -1.99. The molecular weight excluding hydrogens is 275 g/mol. The van der Waals surface area contributed by atoms with Gasteiger partial charge in [0.15, 0.2) is 0 Å². The first kappa shape index (κ1) is 12.9. The second-order valence-corrected chi connectivity index (χ2v) is 5.00. The second-order valence-electron chi connectivity index (χ2n) is 4.56. The first-order valence-electron chi connectivity index (χ1n) is 6.23. The molecule has 0 saturated heterocycles. The van der Waals surface area contributed by atoms with Crippen molar-refractivity contribution in [1.82, 2.24) is 9.78 Å². The van der Waals surface area contributed by atoms with E-state index in [1.807, 2.05) is 36.5 Å². The van der Waals surface area contributed by atoms with Crippen LogP contribution in [0, 0.1) is 5.82 Å². The molecule has 0 atom stereocenters. The molecule has 0 spiro atoms. The van der Waals surface area contributed by atoms with Gasteiger partial charge in [-0.25, -0.2) is 4.39 Å². The van der Waals surface area contributed by atoms with Crippen LogP contribution in [0.1, 0.15) is 5.56 Å². The fraction of sp³-hybridized carbons (Fsp3) is 0.0625. The molecule has 0 N–H and O–H groups in total. The molecule has 0 unspecified atom stereocenters. The standard InChI is InChI=1S/C16H12ClFN2/c17-15-6-4-13(5-7-15)14-9-19-20(11-14)10-12-2-1-3-16(18)8-12/h1-9,11H,10H2. The maximum Gasteiger partial charge on any atom is 0.123 e. The van der Waals surface area contributed by atoms with E-state index in [9.17, 15) is 4.39 Å². The molecule has 0 amide bonds. The van der Waals surface area contributed by atoms with Crippen LogP contribution in [0.2, 0.25) is 5.02 Å². The molecule has 0 aliphatic rings. The quantitative estimate of drug-likeness (QED) is 0.698. The SMILES string of the molecule is Fc1cccc(Cn2cc(-c3ccc(Cl)cc3)cn2)c1. The smallest absolute Gasteiger partial charge is 0.123 e. The highest BCUT2D eigenvalue weighted by Gasteiger charge is 2.03. The van der Waals surface area contributed by atoms with E-state index in [2.05, 4.69) is 5.10 Å². The van der Waals surface area contributed by atoms with E-state index in [4.69, 9.17) is 11.6 Å². The van der Waals surface area contributed by atoms with Crippen molar-refractivity contribution < 1.29 is 4.39 Å². The fourth-order valence-corrected chi connectivity index (χ4v) is 2.19. The predicted octanol–water partition coefficient (Wildman–Crippen LogP) is 4.39. The zero-order chi connectivity index (χ0) is 13.9. The Morgan fingerprint density at radius 2 is 1.85 bits per heavy atom. The molecule has 1 aromatic heterocycles. The molecule has 2 nitrogen and oxygen atoms in total. The summed E-state index contributed by atoms with van der Waals surface area (Å²) in [7, 11) is 0. The highest BCUT2D eigenvalue weighted by atomic mass is 35.5. The van der Waals surface area contributed by atoms with Gasteiger partial charge in [0.25, 0.3) is 0 Å². The minimum Gasteiger partial charge on any atom is -0.268 e. The Morgan fingerprint density at radius 3 is 2.60 bits per heavy atom. The molecule has 3 aromatic rings. The molecule has 0 aliphatic heterocycles. The molecule has 1 heterocycles. The molecule has 0 fully saturated rings. The van der Waals surface area contributed by atoms with Crippen LogP contribution in [0.4, 0.5) is 4.39 Å². The number of hydrogen-bond donors (Lipinski definition) is 0. The lowest BCUT2D eigenvalue weighted by atomic mass is 10.1. The van der Waals surface area contributed by atoms with Crippen LogP contribution >= 0.6 is 11.6 Å². The van der Waals surface area contributed by atoms with Gasteiger partial charge < -0.3 is 0 Å². The first-order valence-corrected chi connectivity index (χ1v) is 6.61. The number of hydrogen-bond acceptors (Lipinski definition) is 1. The van der Waals surface area contributed by atoms with E-state index in [-0.39, 0.29) is 5.82 Å². The Morgan fingerprint density at radius 1 is 1.05 bits per heavy atom. The van der Waals surface area contributed by atoms with Crippen LogP contribution in [0.5, 0.6) is 0 Å². The monoisotopic (exact) mass is 286 g/mol. The van der Waals surface area contributed by atoms with Crippen LogP contribution < -0.4 is 0 Å². The topological polar surface area (TPSA) is 17.8 Å². The molecular formula is C16H12ClFN2. The normalized spacial score (nSPS) is 10.7. The summed E-state index contributed by atoms with van der Waals surface area (Å²) >= 11 is 5.87. The van der Waals surface area contributed by atoms with Gasteiger partial charge >= 0.3 is 0 Å². The maximum absolute atomic E-state index is 13.1. The van der Waals surface area contributed by atoms with Crippen LogP contribution in [0.15, 0.2) is 60.9 Å². The van der Waals surface area contributed by atoms with Crippen molar-refractivity contribution in [3.63, 3.8) is 0 Å². The van der Waals surface area contributed by atoms with Gasteiger partial charge in [0, 0.05) is 16.8 Å². The van der Waals surface area contributed by atoms with Crippen molar-refractivity contribution in [3.05, 3.63) is 77.3 Å². The van der Waals surface area contributed by atoms with Gasteiger partial charge in [-0.2, -0.15) is 5.10 Å². The van der Waals surface area contributed by atoms with Gasteiger partial charge in [0.1, 0.15) is 5.82 Å². The summed E-state index contributed by atoms with van der Waals surface area (Å²) in [5, 5.41) is 5.01. The zero-order valence-electron chi connectivity index (χ0n) is 10.6. The summed E-state index contributed by atoms with van der Waals surface area (Å²) in [5.41, 5.74) is 2.95. The summed E-state index contributed by atoms with van der Waals surface area (Å²) in [6.45, 7) is 0.547. The number of aromatic nitrogens is 2. The number of nitrogens with zero attached hydrogens (tertiary/aromatic N) is 2. The average molecular weight is 287 g/mol. The van der Waals surface area contributed by atoms with Crippen molar-refractivity contribution in [2.24, 2.45) is 0 Å². The Bertz CT molecular complexity index is 719. The average Bonchev–Trinajstić information content (AvgIpc) is 2.88. The summed E-state index contributed by atoms with van der Waals surface area (Å²) in [6.07, 6.45) is 3.73. The number of rotatable bonds is 3. The molecule has 0 aliphatic carbocycles. The van der Waals surface area contributed by atoms with Crippen molar-refractivity contribution in [3.8, 4) is 11.1 Å². The Balaban J connectivity index is 1.82. The lowest BCUT2D eigenvalue weighted by Gasteiger charge is -2.01. The zero-order valence-corrected chi connectivity index (χ0v) is 11.4. The minimum atomic E-state index is -0.229. The minimum absolute atomic E-state index is 0.229. The van der Waals surface area contributed by atoms with Gasteiger partial charge in [-0.15, -0.1) is 0 Å². The van der Waals surface area contributed by atoms with Gasteiger partial charge in [-0.1, -0.05) is 35.9 Å². The molecule has 0 saturated carbocycles. The van der Waals surface area contributed by atoms with E-state index in [1.54, 1.807) is 16.9 Å². The largest absolute Gasteiger partial charge is 0.268 e. The van der Waals surface area contributed by atoms with Crippen molar-refractivity contribution in [2.75, 3.05) is 0 Å². The molecule has 3 rings (SSSR count). The lowest BCUT2D eigenvalue weighted by molar-refractivity contribution is 0.619. The van der Waals surface area contributed by atoms with Gasteiger partial charge in [0.2, 0.25) is 0 Å². The molecule has 0 bridgehead atoms. The molecule has 4 heteroatoms. The van der Waals surface area contributed by atoms with Crippen molar-refractivity contribution >= 4 is 11.6 Å². The van der Waals surface area contributed by atoms with Crippen molar-refractivity contribution in [2.45, 2.75) is 6.54 Å². The molecule has 100 valence electrons. The molecule has 20 heavy (non-hydrogen) atoms. The predicted molar refractivity (Wildman–Crippen MR) is 78.2 cm³/mol. The van der Waals surface area contributed by atoms with E-state index < -0.39 is 0 Å². The van der Waals surface area contributed by atoms with Crippen molar-refractivity contribution in [1.29, 1.82) is 0 Å². The Hall–Kier alpha value is -2.13. The Labute approximate surface area is 121 Å². The summed E-state index contributed by atoms with van der Waals surface area (Å²) in [4.78, 5) is 0. The highest BCUT2D eigenvalue weighted by Crippen LogP contribution is 2.21.